The van der Waals surface area contributed by atoms with Crippen LogP contribution in [0.3, 0.4) is 0 Å². The molecular formula is C11H16N4O3S2. The molecule has 0 aliphatic rings. The van der Waals surface area contributed by atoms with Gasteiger partial charge in [-0.05, 0) is 6.92 Å². The Balaban J connectivity index is 1.92. The molecule has 0 saturated heterocycles. The van der Waals surface area contributed by atoms with E-state index in [1.807, 2.05) is 12.3 Å². The standard InChI is InChI=1S/C11H16N4O3S2/c1-9-14-10(8-19-9)2-3-13-20(17,18)11-6-12-15(7-11)4-5-16/h6-8,13,16H,2-5H2,1H3. The average molecular weight is 316 g/mol. The number of aliphatic hydroxyl groups is 1. The van der Waals surface area contributed by atoms with Gasteiger partial charge in [-0.2, -0.15) is 5.10 Å². The average Bonchev–Trinajstić information content (AvgIpc) is 2.99. The molecule has 0 saturated carbocycles. The van der Waals surface area contributed by atoms with Gasteiger partial charge in [0.2, 0.25) is 10.0 Å². The molecule has 2 heterocycles. The Morgan fingerprint density at radius 2 is 2.30 bits per heavy atom. The number of hydrogen-bond donors (Lipinski definition) is 2. The van der Waals surface area contributed by atoms with Crippen molar-refractivity contribution in [3.05, 3.63) is 28.5 Å². The van der Waals surface area contributed by atoms with Gasteiger partial charge in [0.05, 0.1) is 30.1 Å². The van der Waals surface area contributed by atoms with E-state index in [-0.39, 0.29) is 24.6 Å². The SMILES string of the molecule is Cc1nc(CCNS(=O)(=O)c2cnn(CCO)c2)cs1. The van der Waals surface area contributed by atoms with Gasteiger partial charge in [-0.25, -0.2) is 18.1 Å². The van der Waals surface area contributed by atoms with Crippen LogP contribution in [0.1, 0.15) is 10.7 Å². The lowest BCUT2D eigenvalue weighted by Crippen LogP contribution is -2.25. The molecule has 0 spiro atoms. The number of thiazole rings is 1. The second kappa shape index (κ2) is 6.44. The quantitative estimate of drug-likeness (QED) is 0.758. The van der Waals surface area contributed by atoms with E-state index in [9.17, 15) is 8.42 Å². The van der Waals surface area contributed by atoms with E-state index in [2.05, 4.69) is 14.8 Å². The molecule has 0 radical (unpaired) electrons. The van der Waals surface area contributed by atoms with Gasteiger partial charge in [0.1, 0.15) is 4.90 Å². The Bertz CT molecular complexity index is 663. The third-order valence-corrected chi connectivity index (χ3v) is 4.83. The minimum absolute atomic E-state index is 0.0855. The molecule has 7 nitrogen and oxygen atoms in total. The molecule has 110 valence electrons. The van der Waals surface area contributed by atoms with E-state index >= 15 is 0 Å². The Morgan fingerprint density at radius 1 is 1.50 bits per heavy atom. The largest absolute Gasteiger partial charge is 0.394 e. The number of aryl methyl sites for hydroxylation is 1. The summed E-state index contributed by atoms with van der Waals surface area (Å²) in [4.78, 5) is 4.37. The van der Waals surface area contributed by atoms with Crippen molar-refractivity contribution in [2.75, 3.05) is 13.2 Å². The van der Waals surface area contributed by atoms with Crippen molar-refractivity contribution < 1.29 is 13.5 Å². The fraction of sp³-hybridized carbons (Fsp3) is 0.455. The summed E-state index contributed by atoms with van der Waals surface area (Å²) in [6.07, 6.45) is 3.21. The molecule has 9 heteroatoms. The first-order valence-corrected chi connectivity index (χ1v) is 8.41. The molecule has 0 amide bonds. The van der Waals surface area contributed by atoms with Crippen molar-refractivity contribution in [1.29, 1.82) is 0 Å². The normalized spacial score (nSPS) is 11.9. The molecule has 2 N–H and O–H groups in total. The molecule has 0 atom stereocenters. The van der Waals surface area contributed by atoms with Gasteiger partial charge in [0, 0.05) is 24.5 Å². The molecule has 20 heavy (non-hydrogen) atoms. The second-order valence-electron chi connectivity index (χ2n) is 4.17. The third kappa shape index (κ3) is 3.85. The molecule has 0 aromatic carbocycles. The van der Waals surface area contributed by atoms with Crippen LogP contribution < -0.4 is 4.72 Å². The van der Waals surface area contributed by atoms with E-state index in [1.165, 1.54) is 17.1 Å². The summed E-state index contributed by atoms with van der Waals surface area (Å²) >= 11 is 1.54. The van der Waals surface area contributed by atoms with E-state index in [4.69, 9.17) is 5.11 Å². The molecule has 0 unspecified atom stereocenters. The number of aliphatic hydroxyl groups excluding tert-OH is 1. The monoisotopic (exact) mass is 316 g/mol. The minimum atomic E-state index is -3.56. The summed E-state index contributed by atoms with van der Waals surface area (Å²) in [6.45, 7) is 2.38. The van der Waals surface area contributed by atoms with Crippen LogP contribution in [0.5, 0.6) is 0 Å². The molecule has 0 bridgehead atoms. The maximum atomic E-state index is 12.0. The lowest BCUT2D eigenvalue weighted by atomic mass is 10.3. The summed E-state index contributed by atoms with van der Waals surface area (Å²) in [5.41, 5.74) is 0.881. The van der Waals surface area contributed by atoms with Crippen molar-refractivity contribution in [3.8, 4) is 0 Å². The van der Waals surface area contributed by atoms with Gasteiger partial charge in [0.15, 0.2) is 0 Å². The predicted molar refractivity (Wildman–Crippen MR) is 75.1 cm³/mol. The Morgan fingerprint density at radius 3 is 2.95 bits per heavy atom. The maximum Gasteiger partial charge on any atom is 0.243 e. The summed E-state index contributed by atoms with van der Waals surface area (Å²) in [7, 11) is -3.56. The zero-order chi connectivity index (χ0) is 14.6. The number of rotatable bonds is 7. The molecule has 2 aromatic heterocycles. The first-order valence-electron chi connectivity index (χ1n) is 6.05. The number of sulfonamides is 1. The Kier molecular flexibility index (Phi) is 4.86. The number of nitrogens with one attached hydrogen (secondary N) is 1. The predicted octanol–water partition coefficient (Wildman–Crippen LogP) is 0.161. The van der Waals surface area contributed by atoms with Crippen LogP contribution in [0.25, 0.3) is 0 Å². The summed E-state index contributed by atoms with van der Waals surface area (Å²) < 4.78 is 27.9. The van der Waals surface area contributed by atoms with Crippen molar-refractivity contribution >= 4 is 21.4 Å². The van der Waals surface area contributed by atoms with Crippen molar-refractivity contribution in [2.24, 2.45) is 0 Å². The van der Waals surface area contributed by atoms with E-state index in [0.29, 0.717) is 6.42 Å². The highest BCUT2D eigenvalue weighted by Gasteiger charge is 2.16. The van der Waals surface area contributed by atoms with Gasteiger partial charge in [0.25, 0.3) is 0 Å². The van der Waals surface area contributed by atoms with E-state index in [1.54, 1.807) is 11.3 Å². The number of nitrogens with zero attached hydrogens (tertiary/aromatic N) is 3. The van der Waals surface area contributed by atoms with Gasteiger partial charge >= 0.3 is 0 Å². The highest BCUT2D eigenvalue weighted by atomic mass is 32.2. The van der Waals surface area contributed by atoms with Crippen LogP contribution in [-0.4, -0.2) is 41.4 Å². The fourth-order valence-electron chi connectivity index (χ4n) is 1.63. The molecule has 0 aliphatic carbocycles. The van der Waals surface area contributed by atoms with Gasteiger partial charge in [-0.15, -0.1) is 11.3 Å². The number of aromatic nitrogens is 3. The lowest BCUT2D eigenvalue weighted by Gasteiger charge is -2.03. The van der Waals surface area contributed by atoms with Crippen LogP contribution in [0.2, 0.25) is 0 Å². The summed E-state index contributed by atoms with van der Waals surface area (Å²) in [5.74, 6) is 0. The first-order chi connectivity index (χ1) is 9.51. The van der Waals surface area contributed by atoms with Crippen LogP contribution in [-0.2, 0) is 23.0 Å². The Hall–Kier alpha value is -1.29. The lowest BCUT2D eigenvalue weighted by molar-refractivity contribution is 0.269. The van der Waals surface area contributed by atoms with Crippen LogP contribution in [0, 0.1) is 6.92 Å². The zero-order valence-electron chi connectivity index (χ0n) is 11.0. The topological polar surface area (TPSA) is 97.1 Å². The molecule has 2 rings (SSSR count). The van der Waals surface area contributed by atoms with Crippen molar-refractivity contribution in [3.63, 3.8) is 0 Å². The van der Waals surface area contributed by atoms with Crippen molar-refractivity contribution in [2.45, 2.75) is 24.8 Å². The zero-order valence-corrected chi connectivity index (χ0v) is 12.6. The van der Waals surface area contributed by atoms with Gasteiger partial charge in [-0.3, -0.25) is 4.68 Å². The fourth-order valence-corrected chi connectivity index (χ4v) is 3.26. The summed E-state index contributed by atoms with van der Waals surface area (Å²) in [5, 5.41) is 15.5. The smallest absolute Gasteiger partial charge is 0.243 e. The van der Waals surface area contributed by atoms with Crippen LogP contribution >= 0.6 is 11.3 Å². The first kappa shape index (κ1) is 15.1. The second-order valence-corrected chi connectivity index (χ2v) is 7.00. The summed E-state index contributed by atoms with van der Waals surface area (Å²) in [6, 6.07) is 0. The van der Waals surface area contributed by atoms with Crippen LogP contribution in [0.4, 0.5) is 0 Å². The van der Waals surface area contributed by atoms with E-state index in [0.717, 1.165) is 10.7 Å². The third-order valence-electron chi connectivity index (χ3n) is 2.59. The van der Waals surface area contributed by atoms with E-state index < -0.39 is 10.0 Å². The molecule has 0 aliphatic heterocycles. The van der Waals surface area contributed by atoms with Gasteiger partial charge < -0.3 is 5.11 Å². The minimum Gasteiger partial charge on any atom is -0.394 e. The molecule has 2 aromatic rings. The van der Waals surface area contributed by atoms with Crippen molar-refractivity contribution in [1.82, 2.24) is 19.5 Å². The molecular weight excluding hydrogens is 300 g/mol. The highest BCUT2D eigenvalue weighted by Crippen LogP contribution is 2.09. The van der Waals surface area contributed by atoms with Crippen LogP contribution in [0.15, 0.2) is 22.7 Å². The maximum absolute atomic E-state index is 12.0. The Labute approximate surface area is 121 Å². The highest BCUT2D eigenvalue weighted by molar-refractivity contribution is 7.89. The number of hydrogen-bond acceptors (Lipinski definition) is 6. The van der Waals surface area contributed by atoms with Gasteiger partial charge in [-0.1, -0.05) is 0 Å². The molecule has 0 fully saturated rings.